The van der Waals surface area contributed by atoms with E-state index >= 15 is 0 Å². The fourth-order valence-corrected chi connectivity index (χ4v) is 2.07. The third-order valence-electron chi connectivity index (χ3n) is 3.31. The van der Waals surface area contributed by atoms with Crippen molar-refractivity contribution < 1.29 is 9.47 Å². The number of pyridine rings is 1. The molecule has 0 aliphatic heterocycles. The molecule has 106 valence electrons. The molecule has 1 N–H and O–H groups in total. The highest BCUT2D eigenvalue weighted by Crippen LogP contribution is 2.24. The van der Waals surface area contributed by atoms with Crippen LogP contribution in [0.15, 0.2) is 6.07 Å². The second-order valence-corrected chi connectivity index (χ2v) is 5.21. The predicted molar refractivity (Wildman–Crippen MR) is 75.6 cm³/mol. The van der Waals surface area contributed by atoms with Crippen LogP contribution in [0, 0.1) is 13.8 Å². The average Bonchev–Trinajstić information content (AvgIpc) is 3.17. The van der Waals surface area contributed by atoms with Crippen molar-refractivity contribution in [1.29, 1.82) is 0 Å². The summed E-state index contributed by atoms with van der Waals surface area (Å²) in [6.07, 6.45) is 3.48. The zero-order chi connectivity index (χ0) is 13.7. The van der Waals surface area contributed by atoms with Crippen molar-refractivity contribution in [3.05, 3.63) is 22.9 Å². The Morgan fingerprint density at radius 3 is 2.79 bits per heavy atom. The molecule has 0 atom stereocenters. The maximum absolute atomic E-state index is 5.82. The third-order valence-corrected chi connectivity index (χ3v) is 3.31. The van der Waals surface area contributed by atoms with E-state index in [1.165, 1.54) is 24.0 Å². The maximum atomic E-state index is 5.82. The van der Waals surface area contributed by atoms with Crippen LogP contribution < -0.4 is 10.1 Å². The van der Waals surface area contributed by atoms with E-state index in [0.29, 0.717) is 12.6 Å². The van der Waals surface area contributed by atoms with Crippen LogP contribution >= 0.6 is 0 Å². The van der Waals surface area contributed by atoms with E-state index in [9.17, 15) is 0 Å². The molecule has 1 fully saturated rings. The highest BCUT2D eigenvalue weighted by Gasteiger charge is 2.21. The minimum atomic E-state index is 0.653. The molecular formula is C15H24N2O2. The van der Waals surface area contributed by atoms with Gasteiger partial charge in [-0.05, 0) is 38.3 Å². The van der Waals surface area contributed by atoms with Gasteiger partial charge in [0, 0.05) is 44.0 Å². The smallest absolute Gasteiger partial charge is 0.218 e. The van der Waals surface area contributed by atoms with Crippen molar-refractivity contribution in [1.82, 2.24) is 10.3 Å². The lowest BCUT2D eigenvalue weighted by molar-refractivity contribution is 0.170. The summed E-state index contributed by atoms with van der Waals surface area (Å²) in [6, 6.07) is 2.81. The summed E-state index contributed by atoms with van der Waals surface area (Å²) in [5, 5.41) is 3.53. The lowest BCUT2D eigenvalue weighted by Gasteiger charge is -2.14. The molecule has 0 saturated heterocycles. The van der Waals surface area contributed by atoms with Crippen LogP contribution in [-0.2, 0) is 11.3 Å². The largest absolute Gasteiger partial charge is 0.477 e. The number of ether oxygens (including phenoxy) is 2. The fraction of sp³-hybridized carbons (Fsp3) is 0.667. The van der Waals surface area contributed by atoms with Crippen molar-refractivity contribution in [2.75, 3.05) is 20.3 Å². The summed E-state index contributed by atoms with van der Waals surface area (Å²) in [5.41, 5.74) is 3.45. The van der Waals surface area contributed by atoms with Gasteiger partial charge in [-0.3, -0.25) is 0 Å². The topological polar surface area (TPSA) is 43.4 Å². The molecule has 1 aromatic heterocycles. The first kappa shape index (κ1) is 14.3. The third kappa shape index (κ3) is 4.48. The Labute approximate surface area is 115 Å². The molecule has 1 aromatic rings. The molecule has 4 heteroatoms. The van der Waals surface area contributed by atoms with Crippen LogP contribution in [0.4, 0.5) is 0 Å². The summed E-state index contributed by atoms with van der Waals surface area (Å²) in [5.74, 6) is 0.779. The van der Waals surface area contributed by atoms with Gasteiger partial charge in [-0.1, -0.05) is 0 Å². The van der Waals surface area contributed by atoms with Crippen molar-refractivity contribution in [2.24, 2.45) is 0 Å². The highest BCUT2D eigenvalue weighted by molar-refractivity contribution is 5.36. The lowest BCUT2D eigenvalue weighted by Crippen LogP contribution is -2.18. The number of nitrogens with zero attached hydrogens (tertiary/aromatic N) is 1. The molecular weight excluding hydrogens is 240 g/mol. The Balaban J connectivity index is 1.99. The number of hydrogen-bond acceptors (Lipinski definition) is 4. The summed E-state index contributed by atoms with van der Waals surface area (Å²) in [4.78, 5) is 4.53. The van der Waals surface area contributed by atoms with E-state index in [1.54, 1.807) is 7.11 Å². The van der Waals surface area contributed by atoms with E-state index in [0.717, 1.165) is 31.1 Å². The van der Waals surface area contributed by atoms with Crippen molar-refractivity contribution in [3.63, 3.8) is 0 Å². The van der Waals surface area contributed by atoms with E-state index in [-0.39, 0.29) is 0 Å². The van der Waals surface area contributed by atoms with Gasteiger partial charge in [0.05, 0.1) is 6.61 Å². The Hall–Kier alpha value is -1.13. The molecule has 4 nitrogen and oxygen atoms in total. The quantitative estimate of drug-likeness (QED) is 0.732. The van der Waals surface area contributed by atoms with E-state index in [1.807, 2.05) is 6.92 Å². The van der Waals surface area contributed by atoms with Gasteiger partial charge in [0.25, 0.3) is 0 Å². The number of rotatable bonds is 8. The minimum Gasteiger partial charge on any atom is -0.477 e. The minimum absolute atomic E-state index is 0.653. The molecule has 1 aliphatic carbocycles. The summed E-state index contributed by atoms with van der Waals surface area (Å²) >= 11 is 0. The van der Waals surface area contributed by atoms with Gasteiger partial charge in [-0.2, -0.15) is 0 Å². The molecule has 0 radical (unpaired) electrons. The fourth-order valence-electron chi connectivity index (χ4n) is 2.07. The second kappa shape index (κ2) is 6.87. The SMILES string of the molecule is COCCCOc1nc(C)cc(C)c1CNC1CC1. The van der Waals surface area contributed by atoms with Crippen LogP contribution in [0.1, 0.15) is 36.1 Å². The maximum Gasteiger partial charge on any atom is 0.218 e. The molecule has 0 spiro atoms. The molecule has 0 amide bonds. The van der Waals surface area contributed by atoms with Gasteiger partial charge >= 0.3 is 0 Å². The molecule has 0 bridgehead atoms. The number of aryl methyl sites for hydroxylation is 2. The highest BCUT2D eigenvalue weighted by atomic mass is 16.5. The first-order valence-electron chi connectivity index (χ1n) is 7.03. The Kier molecular flexibility index (Phi) is 5.16. The van der Waals surface area contributed by atoms with Gasteiger partial charge < -0.3 is 14.8 Å². The lowest BCUT2D eigenvalue weighted by atomic mass is 10.1. The van der Waals surface area contributed by atoms with Crippen molar-refractivity contribution in [2.45, 2.75) is 45.7 Å². The van der Waals surface area contributed by atoms with Crippen LogP contribution in [0.25, 0.3) is 0 Å². The number of hydrogen-bond donors (Lipinski definition) is 1. The van der Waals surface area contributed by atoms with Crippen LogP contribution in [0.5, 0.6) is 5.88 Å². The molecule has 1 heterocycles. The van der Waals surface area contributed by atoms with Gasteiger partial charge in [-0.15, -0.1) is 0 Å². The molecule has 0 aromatic carbocycles. The van der Waals surface area contributed by atoms with Gasteiger partial charge in [0.1, 0.15) is 0 Å². The molecule has 1 aliphatic rings. The van der Waals surface area contributed by atoms with Crippen LogP contribution in [0.2, 0.25) is 0 Å². The van der Waals surface area contributed by atoms with E-state index < -0.39 is 0 Å². The number of methoxy groups -OCH3 is 1. The number of nitrogens with one attached hydrogen (secondary N) is 1. The number of aromatic nitrogens is 1. The Morgan fingerprint density at radius 2 is 2.11 bits per heavy atom. The molecule has 19 heavy (non-hydrogen) atoms. The zero-order valence-corrected chi connectivity index (χ0v) is 12.2. The zero-order valence-electron chi connectivity index (χ0n) is 12.2. The Bertz CT molecular complexity index is 417. The van der Waals surface area contributed by atoms with Gasteiger partial charge in [-0.25, -0.2) is 4.98 Å². The first-order valence-corrected chi connectivity index (χ1v) is 7.03. The van der Waals surface area contributed by atoms with Crippen LogP contribution in [-0.4, -0.2) is 31.3 Å². The monoisotopic (exact) mass is 264 g/mol. The van der Waals surface area contributed by atoms with E-state index in [4.69, 9.17) is 9.47 Å². The van der Waals surface area contributed by atoms with E-state index in [2.05, 4.69) is 23.3 Å². The first-order chi connectivity index (χ1) is 9.20. The van der Waals surface area contributed by atoms with Crippen LogP contribution in [0.3, 0.4) is 0 Å². The van der Waals surface area contributed by atoms with Gasteiger partial charge in [0.2, 0.25) is 5.88 Å². The summed E-state index contributed by atoms with van der Waals surface area (Å²) in [6.45, 7) is 6.36. The normalized spacial score (nSPS) is 14.7. The predicted octanol–water partition coefficient (Wildman–Crippen LogP) is 2.37. The van der Waals surface area contributed by atoms with Crippen molar-refractivity contribution in [3.8, 4) is 5.88 Å². The molecule has 0 unspecified atom stereocenters. The molecule has 2 rings (SSSR count). The second-order valence-electron chi connectivity index (χ2n) is 5.21. The summed E-state index contributed by atoms with van der Waals surface area (Å²) < 4.78 is 10.9. The average molecular weight is 264 g/mol. The standard InChI is InChI=1S/C15H24N2O2/c1-11-9-12(2)17-15(19-8-4-7-18-3)14(11)10-16-13-5-6-13/h9,13,16H,4-8,10H2,1-3H3. The van der Waals surface area contributed by atoms with Gasteiger partial charge in [0.15, 0.2) is 0 Å². The van der Waals surface area contributed by atoms with Crippen molar-refractivity contribution >= 4 is 0 Å². The Morgan fingerprint density at radius 1 is 1.32 bits per heavy atom. The molecule has 1 saturated carbocycles. The summed E-state index contributed by atoms with van der Waals surface area (Å²) in [7, 11) is 1.71.